The lowest BCUT2D eigenvalue weighted by molar-refractivity contribution is 0.0263. The minimum absolute atomic E-state index is 0.0246. The molecule has 3 aliphatic heterocycles. The number of aryl methyl sites for hydroxylation is 1. The van der Waals surface area contributed by atoms with Gasteiger partial charge >= 0.3 is 6.01 Å². The molecule has 0 amide bonds. The molecule has 6 nitrogen and oxygen atoms in total. The second-order valence-electron chi connectivity index (χ2n) is 12.2. The number of likely N-dealkylation sites (N-methyl/N-ethyl adjacent to an activating group) is 1. The molecule has 200 valence electrons. The summed E-state index contributed by atoms with van der Waals surface area (Å²) in [5.41, 5.74) is 5.40. The Bertz CT molecular complexity index is 1320. The fourth-order valence-corrected chi connectivity index (χ4v) is 7.32. The third kappa shape index (κ3) is 4.36. The zero-order valence-corrected chi connectivity index (χ0v) is 22.9. The lowest BCUT2D eigenvalue weighted by Gasteiger charge is -2.48. The van der Waals surface area contributed by atoms with Crippen LogP contribution in [-0.2, 0) is 17.8 Å². The SMILES string of the molecule is Cc1cccc2cccc(C3Cc4nc(OC[C@@H]5CCCN5C)nc(N5CCC6(CCC6)CC5)c4CO3)c12. The number of hydrogen-bond acceptors (Lipinski definition) is 6. The Morgan fingerprint density at radius 3 is 2.55 bits per heavy atom. The summed E-state index contributed by atoms with van der Waals surface area (Å²) in [5.74, 6) is 1.05. The topological polar surface area (TPSA) is 50.7 Å². The molecule has 0 radical (unpaired) electrons. The molecule has 2 atom stereocenters. The van der Waals surface area contributed by atoms with E-state index in [-0.39, 0.29) is 6.10 Å². The van der Waals surface area contributed by atoms with Gasteiger partial charge in [0.1, 0.15) is 12.4 Å². The number of hydrogen-bond donors (Lipinski definition) is 0. The van der Waals surface area contributed by atoms with E-state index in [1.165, 1.54) is 66.8 Å². The predicted octanol–water partition coefficient (Wildman–Crippen LogP) is 6.00. The molecule has 2 saturated heterocycles. The first-order valence-electron chi connectivity index (χ1n) is 14.7. The van der Waals surface area contributed by atoms with Gasteiger partial charge in [0.25, 0.3) is 0 Å². The molecular formula is C32H40N4O2. The van der Waals surface area contributed by atoms with Crippen LogP contribution in [-0.4, -0.2) is 54.2 Å². The summed E-state index contributed by atoms with van der Waals surface area (Å²) in [5, 5.41) is 2.57. The van der Waals surface area contributed by atoms with E-state index in [9.17, 15) is 0 Å². The van der Waals surface area contributed by atoms with Crippen molar-refractivity contribution in [1.29, 1.82) is 0 Å². The van der Waals surface area contributed by atoms with E-state index in [1.807, 2.05) is 0 Å². The van der Waals surface area contributed by atoms with Crippen LogP contribution in [0.2, 0.25) is 0 Å². The lowest BCUT2D eigenvalue weighted by Crippen LogP contribution is -2.44. The monoisotopic (exact) mass is 512 g/mol. The van der Waals surface area contributed by atoms with E-state index in [4.69, 9.17) is 19.4 Å². The molecule has 2 aromatic carbocycles. The van der Waals surface area contributed by atoms with Gasteiger partial charge in [-0.3, -0.25) is 0 Å². The lowest BCUT2D eigenvalue weighted by atomic mass is 9.63. The smallest absolute Gasteiger partial charge is 0.318 e. The Morgan fingerprint density at radius 1 is 1.00 bits per heavy atom. The highest BCUT2D eigenvalue weighted by atomic mass is 16.5. The number of rotatable bonds is 5. The molecule has 3 fully saturated rings. The highest BCUT2D eigenvalue weighted by Crippen LogP contribution is 2.49. The maximum atomic E-state index is 6.60. The second-order valence-corrected chi connectivity index (χ2v) is 12.2. The third-order valence-electron chi connectivity index (χ3n) is 9.96. The van der Waals surface area contributed by atoms with Crippen molar-refractivity contribution in [3.63, 3.8) is 0 Å². The highest BCUT2D eigenvalue weighted by molar-refractivity contribution is 5.89. The third-order valence-corrected chi connectivity index (χ3v) is 9.96. The number of ether oxygens (including phenoxy) is 2. The molecule has 1 aromatic heterocycles. The molecule has 0 bridgehead atoms. The summed E-state index contributed by atoms with van der Waals surface area (Å²) in [4.78, 5) is 15.0. The van der Waals surface area contributed by atoms with Gasteiger partial charge in [-0.1, -0.05) is 42.8 Å². The van der Waals surface area contributed by atoms with Gasteiger partial charge in [0.05, 0.1) is 18.4 Å². The van der Waals surface area contributed by atoms with Gasteiger partial charge < -0.3 is 19.3 Å². The van der Waals surface area contributed by atoms with E-state index in [1.54, 1.807) is 0 Å². The first kappa shape index (κ1) is 24.3. The van der Waals surface area contributed by atoms with Gasteiger partial charge in [-0.15, -0.1) is 0 Å². The first-order valence-corrected chi connectivity index (χ1v) is 14.7. The van der Waals surface area contributed by atoms with Crippen LogP contribution >= 0.6 is 0 Å². The van der Waals surface area contributed by atoms with E-state index in [0.717, 1.165) is 43.1 Å². The van der Waals surface area contributed by atoms with Crippen LogP contribution < -0.4 is 9.64 Å². The Morgan fingerprint density at radius 2 is 1.82 bits per heavy atom. The van der Waals surface area contributed by atoms with Crippen LogP contribution in [0.4, 0.5) is 5.82 Å². The van der Waals surface area contributed by atoms with Gasteiger partial charge in [-0.2, -0.15) is 9.97 Å². The largest absolute Gasteiger partial charge is 0.462 e. The van der Waals surface area contributed by atoms with Gasteiger partial charge in [-0.05, 0) is 86.4 Å². The maximum Gasteiger partial charge on any atom is 0.318 e. The van der Waals surface area contributed by atoms with Crippen molar-refractivity contribution < 1.29 is 9.47 Å². The molecule has 1 saturated carbocycles. The van der Waals surface area contributed by atoms with Crippen LogP contribution in [0.1, 0.15) is 73.4 Å². The fraction of sp³-hybridized carbons (Fsp3) is 0.562. The number of piperidine rings is 1. The van der Waals surface area contributed by atoms with Crippen molar-refractivity contribution in [2.75, 3.05) is 38.2 Å². The van der Waals surface area contributed by atoms with Crippen LogP contribution in [0, 0.1) is 12.3 Å². The first-order chi connectivity index (χ1) is 18.6. The standard InChI is InChI=1S/C32H40N4O2/c1-22-7-3-8-23-9-4-11-25(29(22)23)28-19-27-26(21-37-28)30(36-17-14-32(15-18-36)12-6-13-32)34-31(33-27)38-20-24-10-5-16-35(24)2/h3-4,7-9,11,24,28H,5-6,10,12-21H2,1-2H3/t24-,28?/m0/s1. The van der Waals surface area contributed by atoms with E-state index < -0.39 is 0 Å². The average Bonchev–Trinajstić information content (AvgIpc) is 3.34. The molecular weight excluding hydrogens is 472 g/mol. The molecule has 1 unspecified atom stereocenters. The van der Waals surface area contributed by atoms with Crippen molar-refractivity contribution >= 4 is 16.6 Å². The van der Waals surface area contributed by atoms with Crippen LogP contribution in [0.25, 0.3) is 10.8 Å². The van der Waals surface area contributed by atoms with Gasteiger partial charge in [0, 0.05) is 31.1 Å². The van der Waals surface area contributed by atoms with Crippen LogP contribution in [0.5, 0.6) is 6.01 Å². The minimum Gasteiger partial charge on any atom is -0.462 e. The van der Waals surface area contributed by atoms with Crippen molar-refractivity contribution in [2.24, 2.45) is 5.41 Å². The summed E-state index contributed by atoms with van der Waals surface area (Å²) in [6.45, 7) is 6.68. The molecule has 7 rings (SSSR count). The fourth-order valence-electron chi connectivity index (χ4n) is 7.32. The Kier molecular flexibility index (Phi) is 6.28. The van der Waals surface area contributed by atoms with Crippen molar-refractivity contribution in [2.45, 2.75) is 77.0 Å². The zero-order valence-electron chi connectivity index (χ0n) is 22.9. The van der Waals surface area contributed by atoms with Gasteiger partial charge in [0.15, 0.2) is 0 Å². The summed E-state index contributed by atoms with van der Waals surface area (Å²) < 4.78 is 12.9. The van der Waals surface area contributed by atoms with Crippen molar-refractivity contribution in [3.8, 4) is 6.01 Å². The Balaban J connectivity index is 1.20. The highest BCUT2D eigenvalue weighted by Gasteiger charge is 2.40. The molecule has 0 N–H and O–H groups in total. The van der Waals surface area contributed by atoms with Crippen LogP contribution in [0.3, 0.4) is 0 Å². The molecule has 1 spiro atoms. The number of nitrogens with zero attached hydrogens (tertiary/aromatic N) is 4. The van der Waals surface area contributed by atoms with E-state index >= 15 is 0 Å². The Labute approximate surface area is 226 Å². The molecule has 38 heavy (non-hydrogen) atoms. The molecule has 4 heterocycles. The molecule has 1 aliphatic carbocycles. The number of benzene rings is 2. The molecule has 6 heteroatoms. The average molecular weight is 513 g/mol. The van der Waals surface area contributed by atoms with E-state index in [2.05, 4.69) is 60.2 Å². The minimum atomic E-state index is -0.0246. The van der Waals surface area contributed by atoms with Crippen molar-refractivity contribution in [3.05, 3.63) is 58.8 Å². The molecule has 4 aliphatic rings. The number of fused-ring (bicyclic) bond motifs is 2. The van der Waals surface area contributed by atoms with Crippen molar-refractivity contribution in [1.82, 2.24) is 14.9 Å². The quantitative estimate of drug-likeness (QED) is 0.418. The number of anilines is 1. The maximum absolute atomic E-state index is 6.60. The summed E-state index contributed by atoms with van der Waals surface area (Å²) >= 11 is 0. The van der Waals surface area contributed by atoms with E-state index in [0.29, 0.717) is 30.7 Å². The summed E-state index contributed by atoms with van der Waals surface area (Å²) in [6.07, 6.45) is 9.89. The molecule has 3 aromatic rings. The summed E-state index contributed by atoms with van der Waals surface area (Å²) in [6, 6.07) is 14.1. The Hall–Kier alpha value is -2.70. The normalized spacial score (nSPS) is 24.9. The van der Waals surface area contributed by atoms with Gasteiger partial charge in [-0.25, -0.2) is 0 Å². The van der Waals surface area contributed by atoms with Crippen LogP contribution in [0.15, 0.2) is 36.4 Å². The number of likely N-dealkylation sites (tertiary alicyclic amines) is 1. The van der Waals surface area contributed by atoms with Gasteiger partial charge in [0.2, 0.25) is 0 Å². The second kappa shape index (κ2) is 9.80. The number of aromatic nitrogens is 2. The predicted molar refractivity (Wildman–Crippen MR) is 151 cm³/mol. The summed E-state index contributed by atoms with van der Waals surface area (Å²) in [7, 11) is 2.19. The zero-order chi connectivity index (χ0) is 25.7.